The van der Waals surface area contributed by atoms with Gasteiger partial charge in [-0.3, -0.25) is 4.79 Å². The molecule has 8 heteroatoms. The molecule has 0 atom stereocenters. The van der Waals surface area contributed by atoms with Gasteiger partial charge in [-0.15, -0.1) is 0 Å². The first kappa shape index (κ1) is 24.9. The standard InChI is InChI=1S/C31H29FN4O3/c1-19-13-21-15-23(16-22(21)17-28(19)35-9-11-38-12-10-35)30(37)25-18-34-36(31(25)33)27-8-7-24(14-20(27)2)39-29-6-4-3-5-26(29)32/h3-8,13-15,17-18H,9-12,16,33H2,1-2H3. The Morgan fingerprint density at radius 2 is 1.79 bits per heavy atom. The molecule has 0 bridgehead atoms. The number of halogens is 1. The molecule has 1 saturated heterocycles. The number of Topliss-reactive ketones (excluding diaryl/α,β-unsaturated/α-hetero) is 1. The molecule has 2 N–H and O–H groups in total. The van der Waals surface area contributed by atoms with Crippen LogP contribution in [0.2, 0.25) is 0 Å². The fourth-order valence-electron chi connectivity index (χ4n) is 5.27. The van der Waals surface area contributed by atoms with Gasteiger partial charge in [-0.25, -0.2) is 9.07 Å². The molecule has 6 rings (SSSR count). The van der Waals surface area contributed by atoms with Crippen LogP contribution in [0.4, 0.5) is 15.9 Å². The Morgan fingerprint density at radius 3 is 2.56 bits per heavy atom. The minimum Gasteiger partial charge on any atom is -0.454 e. The van der Waals surface area contributed by atoms with Crippen molar-refractivity contribution in [1.82, 2.24) is 9.78 Å². The molecule has 0 spiro atoms. The molecule has 1 aliphatic carbocycles. The third-order valence-electron chi connectivity index (χ3n) is 7.32. The third kappa shape index (κ3) is 4.68. The first-order chi connectivity index (χ1) is 18.9. The number of ether oxygens (including phenoxy) is 2. The predicted molar refractivity (Wildman–Crippen MR) is 149 cm³/mol. The average Bonchev–Trinajstić information content (AvgIpc) is 3.53. The number of carbonyl (C=O) groups excluding carboxylic acids is 1. The highest BCUT2D eigenvalue weighted by Crippen LogP contribution is 2.35. The topological polar surface area (TPSA) is 82.6 Å². The molecular weight excluding hydrogens is 495 g/mol. The number of rotatable bonds is 6. The van der Waals surface area contributed by atoms with Crippen molar-refractivity contribution in [3.05, 3.63) is 100 Å². The molecule has 198 valence electrons. The van der Waals surface area contributed by atoms with Crippen LogP contribution in [0.5, 0.6) is 11.5 Å². The van der Waals surface area contributed by atoms with E-state index in [0.717, 1.165) is 43.0 Å². The monoisotopic (exact) mass is 524 g/mol. The van der Waals surface area contributed by atoms with Crippen molar-refractivity contribution in [2.45, 2.75) is 20.3 Å². The van der Waals surface area contributed by atoms with Crippen LogP contribution in [0.25, 0.3) is 11.8 Å². The SMILES string of the molecule is Cc1cc2c(cc1N1CCOCC1)CC(C(=O)c1cnn(-c3ccc(Oc4ccccc4F)cc3C)c1N)=C2. The van der Waals surface area contributed by atoms with Crippen molar-refractivity contribution < 1.29 is 18.7 Å². The van der Waals surface area contributed by atoms with E-state index < -0.39 is 5.82 Å². The van der Waals surface area contributed by atoms with E-state index in [2.05, 4.69) is 29.1 Å². The highest BCUT2D eigenvalue weighted by molar-refractivity contribution is 6.15. The van der Waals surface area contributed by atoms with Gasteiger partial charge in [0.1, 0.15) is 11.6 Å². The summed E-state index contributed by atoms with van der Waals surface area (Å²) in [6, 6.07) is 15.9. The van der Waals surface area contributed by atoms with Crippen molar-refractivity contribution in [2.75, 3.05) is 36.9 Å². The zero-order valence-corrected chi connectivity index (χ0v) is 21.9. The van der Waals surface area contributed by atoms with E-state index in [1.54, 1.807) is 41.1 Å². The molecule has 7 nitrogen and oxygen atoms in total. The van der Waals surface area contributed by atoms with E-state index in [-0.39, 0.29) is 17.4 Å². The largest absolute Gasteiger partial charge is 0.454 e. The van der Waals surface area contributed by atoms with Gasteiger partial charge in [-0.2, -0.15) is 5.10 Å². The number of nitrogen functional groups attached to an aromatic ring is 1. The lowest BCUT2D eigenvalue weighted by Crippen LogP contribution is -2.36. The summed E-state index contributed by atoms with van der Waals surface area (Å²) in [5, 5.41) is 4.43. The highest BCUT2D eigenvalue weighted by Gasteiger charge is 2.26. The molecule has 1 aliphatic heterocycles. The maximum Gasteiger partial charge on any atom is 0.194 e. The molecule has 1 fully saturated rings. The zero-order valence-electron chi connectivity index (χ0n) is 21.9. The number of aryl methyl sites for hydroxylation is 2. The van der Waals surface area contributed by atoms with Gasteiger partial charge in [0.05, 0.1) is 30.7 Å². The van der Waals surface area contributed by atoms with Crippen molar-refractivity contribution in [3.8, 4) is 17.2 Å². The minimum absolute atomic E-state index is 0.127. The zero-order chi connectivity index (χ0) is 27.1. The van der Waals surface area contributed by atoms with Gasteiger partial charge in [0.25, 0.3) is 0 Å². The molecule has 1 aromatic heterocycles. The third-order valence-corrected chi connectivity index (χ3v) is 7.32. The Balaban J connectivity index is 1.22. The quantitative estimate of drug-likeness (QED) is 0.328. The predicted octanol–water partition coefficient (Wildman–Crippen LogP) is 5.66. The van der Waals surface area contributed by atoms with Crippen LogP contribution in [-0.2, 0) is 11.2 Å². The highest BCUT2D eigenvalue weighted by atomic mass is 19.1. The second-order valence-corrected chi connectivity index (χ2v) is 9.95. The van der Waals surface area contributed by atoms with Gasteiger partial charge in [0.2, 0.25) is 0 Å². The van der Waals surface area contributed by atoms with Crippen LogP contribution in [-0.4, -0.2) is 41.9 Å². The molecular formula is C31H29FN4O3. The van der Waals surface area contributed by atoms with Crippen LogP contribution in [0, 0.1) is 19.7 Å². The summed E-state index contributed by atoms with van der Waals surface area (Å²) in [5.41, 5.74) is 13.6. The first-order valence-electron chi connectivity index (χ1n) is 13.0. The van der Waals surface area contributed by atoms with Crippen molar-refractivity contribution in [3.63, 3.8) is 0 Å². The minimum atomic E-state index is -0.436. The maximum atomic E-state index is 14.0. The number of morpholine rings is 1. The number of hydrogen-bond donors (Lipinski definition) is 1. The fourth-order valence-corrected chi connectivity index (χ4v) is 5.27. The Hall–Kier alpha value is -4.43. The van der Waals surface area contributed by atoms with E-state index in [1.807, 2.05) is 13.0 Å². The molecule has 4 aromatic rings. The maximum absolute atomic E-state index is 14.0. The Kier molecular flexibility index (Phi) is 6.40. The fraction of sp³-hybridized carbons (Fsp3) is 0.226. The van der Waals surface area contributed by atoms with Crippen LogP contribution < -0.4 is 15.4 Å². The Bertz CT molecular complexity index is 1620. The number of fused-ring (bicyclic) bond motifs is 1. The van der Waals surface area contributed by atoms with E-state index in [0.29, 0.717) is 29.0 Å². The van der Waals surface area contributed by atoms with Gasteiger partial charge in [-0.1, -0.05) is 12.1 Å². The number of carbonyl (C=O) groups is 1. The van der Waals surface area contributed by atoms with E-state index in [1.165, 1.54) is 23.5 Å². The number of hydrogen-bond acceptors (Lipinski definition) is 6. The lowest BCUT2D eigenvalue weighted by molar-refractivity contribution is 0.103. The summed E-state index contributed by atoms with van der Waals surface area (Å²) < 4.78 is 26.7. The molecule has 2 aliphatic rings. The van der Waals surface area contributed by atoms with E-state index in [4.69, 9.17) is 15.2 Å². The van der Waals surface area contributed by atoms with E-state index >= 15 is 0 Å². The van der Waals surface area contributed by atoms with Gasteiger partial charge < -0.3 is 20.1 Å². The number of benzene rings is 3. The van der Waals surface area contributed by atoms with Crippen LogP contribution >= 0.6 is 0 Å². The van der Waals surface area contributed by atoms with Crippen LogP contribution in [0.3, 0.4) is 0 Å². The number of aromatic nitrogens is 2. The van der Waals surface area contributed by atoms with Gasteiger partial charge in [0, 0.05) is 30.8 Å². The average molecular weight is 525 g/mol. The molecule has 2 heterocycles. The lowest BCUT2D eigenvalue weighted by atomic mass is 10.0. The summed E-state index contributed by atoms with van der Waals surface area (Å²) in [5.74, 6) is 0.346. The molecule has 3 aromatic carbocycles. The molecule has 0 radical (unpaired) electrons. The van der Waals surface area contributed by atoms with Crippen molar-refractivity contribution >= 4 is 23.4 Å². The number of allylic oxidation sites excluding steroid dienone is 1. The number of para-hydroxylation sites is 1. The molecule has 39 heavy (non-hydrogen) atoms. The number of anilines is 2. The van der Waals surface area contributed by atoms with Crippen LogP contribution in [0.1, 0.15) is 32.6 Å². The number of ketones is 1. The van der Waals surface area contributed by atoms with Gasteiger partial charge >= 0.3 is 0 Å². The molecule has 0 saturated carbocycles. The second-order valence-electron chi connectivity index (χ2n) is 9.95. The summed E-state index contributed by atoms with van der Waals surface area (Å²) in [7, 11) is 0. The van der Waals surface area contributed by atoms with Gasteiger partial charge in [-0.05, 0) is 84.6 Å². The molecule has 0 amide bonds. The normalized spacial score (nSPS) is 14.7. The number of nitrogens with two attached hydrogens (primary N) is 1. The van der Waals surface area contributed by atoms with Crippen molar-refractivity contribution in [2.24, 2.45) is 0 Å². The number of nitrogens with zero attached hydrogens (tertiary/aromatic N) is 3. The summed E-state index contributed by atoms with van der Waals surface area (Å²) >= 11 is 0. The van der Waals surface area contributed by atoms with Gasteiger partial charge in [0.15, 0.2) is 17.3 Å². The summed E-state index contributed by atoms with van der Waals surface area (Å²) in [4.78, 5) is 15.9. The van der Waals surface area contributed by atoms with Crippen LogP contribution in [0.15, 0.2) is 66.4 Å². The summed E-state index contributed by atoms with van der Waals surface area (Å²) in [6.45, 7) is 7.17. The second kappa shape index (κ2) is 10.0. The van der Waals surface area contributed by atoms with Crippen molar-refractivity contribution in [1.29, 1.82) is 0 Å². The Morgan fingerprint density at radius 1 is 1.03 bits per heavy atom. The lowest BCUT2D eigenvalue weighted by Gasteiger charge is -2.30. The van der Waals surface area contributed by atoms with E-state index in [9.17, 15) is 9.18 Å². The summed E-state index contributed by atoms with van der Waals surface area (Å²) in [6.07, 6.45) is 4.04. The molecule has 0 unspecified atom stereocenters. The first-order valence-corrected chi connectivity index (χ1v) is 13.0. The Labute approximate surface area is 226 Å². The smallest absolute Gasteiger partial charge is 0.194 e.